The average Bonchev–Trinajstić information content (AvgIpc) is 3.13. The molecule has 1 saturated carbocycles. The summed E-state index contributed by atoms with van der Waals surface area (Å²) in [4.78, 5) is 3.95. The van der Waals surface area contributed by atoms with Crippen molar-refractivity contribution in [3.05, 3.63) is 48.0 Å². The number of nitrogens with one attached hydrogen (secondary N) is 1. The molecule has 1 unspecified atom stereocenters. The average molecular weight is 256 g/mol. The van der Waals surface area contributed by atoms with Gasteiger partial charge < -0.3 is 5.32 Å². The van der Waals surface area contributed by atoms with Gasteiger partial charge in [0, 0.05) is 12.6 Å². The first-order chi connectivity index (χ1) is 9.31. The highest BCUT2D eigenvalue weighted by Crippen LogP contribution is 2.21. The van der Waals surface area contributed by atoms with Crippen LogP contribution < -0.4 is 5.32 Å². The number of aromatic nitrogens is 3. The van der Waals surface area contributed by atoms with Crippen LogP contribution in [0.4, 0.5) is 0 Å². The molecule has 0 aliphatic heterocycles. The summed E-state index contributed by atoms with van der Waals surface area (Å²) < 4.78 is 1.84. The largest absolute Gasteiger partial charge is 0.313 e. The molecule has 0 bridgehead atoms. The summed E-state index contributed by atoms with van der Waals surface area (Å²) >= 11 is 0. The Kier molecular flexibility index (Phi) is 3.60. The lowest BCUT2D eigenvalue weighted by Gasteiger charge is -2.13. The van der Waals surface area contributed by atoms with E-state index in [4.69, 9.17) is 0 Å². The molecular weight excluding hydrogens is 236 g/mol. The van der Waals surface area contributed by atoms with Crippen LogP contribution in [0.25, 0.3) is 0 Å². The van der Waals surface area contributed by atoms with Crippen molar-refractivity contribution in [3.8, 4) is 0 Å². The van der Waals surface area contributed by atoms with E-state index in [1.54, 1.807) is 12.7 Å². The van der Waals surface area contributed by atoms with Gasteiger partial charge in [-0.3, -0.25) is 0 Å². The molecular formula is C15H20N4. The molecule has 100 valence electrons. The first-order valence-electron chi connectivity index (χ1n) is 6.96. The van der Waals surface area contributed by atoms with E-state index >= 15 is 0 Å². The predicted octanol–water partition coefficient (Wildman–Crippen LogP) is 2.18. The molecule has 4 heteroatoms. The highest BCUT2D eigenvalue weighted by Gasteiger charge is 2.21. The summed E-state index contributed by atoms with van der Waals surface area (Å²) in [7, 11) is 0. The molecule has 1 aromatic carbocycles. The van der Waals surface area contributed by atoms with Gasteiger partial charge in [-0.15, -0.1) is 0 Å². The van der Waals surface area contributed by atoms with E-state index in [2.05, 4.69) is 46.6 Å². The summed E-state index contributed by atoms with van der Waals surface area (Å²) in [6, 6.07) is 9.61. The van der Waals surface area contributed by atoms with Gasteiger partial charge in [0.05, 0.1) is 6.54 Å². The van der Waals surface area contributed by atoms with Crippen molar-refractivity contribution in [2.75, 3.05) is 6.54 Å². The molecule has 0 spiro atoms. The van der Waals surface area contributed by atoms with E-state index in [9.17, 15) is 0 Å². The fourth-order valence-electron chi connectivity index (χ4n) is 2.20. The highest BCUT2D eigenvalue weighted by molar-refractivity contribution is 5.25. The summed E-state index contributed by atoms with van der Waals surface area (Å²) in [5, 5.41) is 7.70. The molecule has 4 nitrogen and oxygen atoms in total. The first-order valence-corrected chi connectivity index (χ1v) is 6.96. The van der Waals surface area contributed by atoms with Crippen molar-refractivity contribution in [2.24, 2.45) is 0 Å². The van der Waals surface area contributed by atoms with Gasteiger partial charge in [0.1, 0.15) is 12.7 Å². The molecule has 1 heterocycles. The second kappa shape index (κ2) is 5.53. The molecule has 1 aromatic heterocycles. The van der Waals surface area contributed by atoms with Crippen molar-refractivity contribution < 1.29 is 0 Å². The molecule has 1 aliphatic rings. The van der Waals surface area contributed by atoms with Gasteiger partial charge in [-0.05, 0) is 29.9 Å². The summed E-state index contributed by atoms with van der Waals surface area (Å²) in [5.74, 6) is 0.570. The van der Waals surface area contributed by atoms with Crippen molar-refractivity contribution >= 4 is 0 Å². The van der Waals surface area contributed by atoms with Crippen LogP contribution in [-0.2, 0) is 6.54 Å². The second-order valence-corrected chi connectivity index (χ2v) is 5.42. The topological polar surface area (TPSA) is 42.7 Å². The van der Waals surface area contributed by atoms with Crippen LogP contribution in [0.2, 0.25) is 0 Å². The Hall–Kier alpha value is -1.68. The van der Waals surface area contributed by atoms with E-state index in [0.29, 0.717) is 5.92 Å². The van der Waals surface area contributed by atoms with Gasteiger partial charge in [0.15, 0.2) is 0 Å². The van der Waals surface area contributed by atoms with Crippen LogP contribution in [0.5, 0.6) is 0 Å². The quantitative estimate of drug-likeness (QED) is 0.861. The number of hydrogen-bond donors (Lipinski definition) is 1. The summed E-state index contributed by atoms with van der Waals surface area (Å²) in [5.41, 5.74) is 2.66. The SMILES string of the molecule is CC(CNC1CC1)c1ccc(Cn2cncn2)cc1. The zero-order chi connectivity index (χ0) is 13.1. The minimum atomic E-state index is 0.570. The third-order valence-electron chi connectivity index (χ3n) is 3.65. The molecule has 1 N–H and O–H groups in total. The van der Waals surface area contributed by atoms with Crippen molar-refractivity contribution in [1.29, 1.82) is 0 Å². The minimum Gasteiger partial charge on any atom is -0.313 e. The van der Waals surface area contributed by atoms with Crippen LogP contribution >= 0.6 is 0 Å². The van der Waals surface area contributed by atoms with Crippen LogP contribution in [0.1, 0.15) is 36.8 Å². The maximum absolute atomic E-state index is 4.12. The Bertz CT molecular complexity index is 499. The maximum atomic E-state index is 4.12. The number of hydrogen-bond acceptors (Lipinski definition) is 3. The Morgan fingerprint density at radius 1 is 1.32 bits per heavy atom. The van der Waals surface area contributed by atoms with Crippen molar-refractivity contribution in [2.45, 2.75) is 38.3 Å². The zero-order valence-corrected chi connectivity index (χ0v) is 11.3. The van der Waals surface area contributed by atoms with Crippen LogP contribution in [0.3, 0.4) is 0 Å². The molecule has 1 aliphatic carbocycles. The number of rotatable bonds is 6. The van der Waals surface area contributed by atoms with E-state index in [1.807, 2.05) is 4.68 Å². The van der Waals surface area contributed by atoms with Gasteiger partial charge in [0.2, 0.25) is 0 Å². The van der Waals surface area contributed by atoms with Crippen molar-refractivity contribution in [1.82, 2.24) is 20.1 Å². The van der Waals surface area contributed by atoms with Crippen LogP contribution in [0, 0.1) is 0 Å². The predicted molar refractivity (Wildman–Crippen MR) is 75.0 cm³/mol. The fraction of sp³-hybridized carbons (Fsp3) is 0.467. The standard InChI is InChI=1S/C15H20N4/c1-12(8-17-15-6-7-15)14-4-2-13(3-5-14)9-19-11-16-10-18-19/h2-5,10-12,15,17H,6-9H2,1H3. The first kappa shape index (κ1) is 12.4. The highest BCUT2D eigenvalue weighted by atomic mass is 15.3. The Morgan fingerprint density at radius 3 is 2.74 bits per heavy atom. The number of nitrogens with zero attached hydrogens (tertiary/aromatic N) is 3. The molecule has 3 rings (SSSR count). The van der Waals surface area contributed by atoms with E-state index in [1.165, 1.54) is 24.0 Å². The van der Waals surface area contributed by atoms with Crippen LogP contribution in [0.15, 0.2) is 36.9 Å². The lowest BCUT2D eigenvalue weighted by Crippen LogP contribution is -2.22. The molecule has 1 atom stereocenters. The third-order valence-corrected chi connectivity index (χ3v) is 3.65. The number of benzene rings is 1. The maximum Gasteiger partial charge on any atom is 0.137 e. The molecule has 2 aromatic rings. The Labute approximate surface area is 113 Å². The lowest BCUT2D eigenvalue weighted by molar-refractivity contribution is 0.611. The van der Waals surface area contributed by atoms with E-state index in [-0.39, 0.29) is 0 Å². The van der Waals surface area contributed by atoms with Crippen LogP contribution in [-0.4, -0.2) is 27.4 Å². The molecule has 0 amide bonds. The van der Waals surface area contributed by atoms with Gasteiger partial charge in [-0.1, -0.05) is 31.2 Å². The molecule has 1 fully saturated rings. The fourth-order valence-corrected chi connectivity index (χ4v) is 2.20. The van der Waals surface area contributed by atoms with Crippen molar-refractivity contribution in [3.63, 3.8) is 0 Å². The van der Waals surface area contributed by atoms with Gasteiger partial charge in [-0.25, -0.2) is 9.67 Å². The Balaban J connectivity index is 1.57. The normalized spacial score (nSPS) is 16.5. The second-order valence-electron chi connectivity index (χ2n) is 5.42. The minimum absolute atomic E-state index is 0.570. The smallest absolute Gasteiger partial charge is 0.137 e. The Morgan fingerprint density at radius 2 is 2.11 bits per heavy atom. The van der Waals surface area contributed by atoms with Gasteiger partial charge in [-0.2, -0.15) is 5.10 Å². The molecule has 0 radical (unpaired) electrons. The zero-order valence-electron chi connectivity index (χ0n) is 11.3. The monoisotopic (exact) mass is 256 g/mol. The van der Waals surface area contributed by atoms with Gasteiger partial charge in [0.25, 0.3) is 0 Å². The lowest BCUT2D eigenvalue weighted by atomic mass is 10.00. The summed E-state index contributed by atoms with van der Waals surface area (Å²) in [6.45, 7) is 4.14. The molecule has 0 saturated heterocycles. The molecule has 19 heavy (non-hydrogen) atoms. The summed E-state index contributed by atoms with van der Waals surface area (Å²) in [6.07, 6.45) is 6.02. The third kappa shape index (κ3) is 3.41. The van der Waals surface area contributed by atoms with E-state index in [0.717, 1.165) is 19.1 Å². The van der Waals surface area contributed by atoms with Gasteiger partial charge >= 0.3 is 0 Å². The van der Waals surface area contributed by atoms with E-state index < -0.39 is 0 Å².